The number of benzene rings is 1. The van der Waals surface area contributed by atoms with Gasteiger partial charge in [0.15, 0.2) is 0 Å². The Labute approximate surface area is 99.2 Å². The van der Waals surface area contributed by atoms with Gasteiger partial charge in [-0.1, -0.05) is 6.07 Å². The van der Waals surface area contributed by atoms with Crippen LogP contribution in [0.15, 0.2) is 18.2 Å². The Morgan fingerprint density at radius 2 is 2.24 bits per heavy atom. The number of hydrogen-bond acceptors (Lipinski definition) is 3. The molecule has 0 fully saturated rings. The summed E-state index contributed by atoms with van der Waals surface area (Å²) in [6.07, 6.45) is 1.76. The van der Waals surface area contributed by atoms with Crippen molar-refractivity contribution in [1.82, 2.24) is 0 Å². The van der Waals surface area contributed by atoms with Gasteiger partial charge in [0, 0.05) is 6.42 Å². The smallest absolute Gasteiger partial charge is 0.224 e. The van der Waals surface area contributed by atoms with E-state index in [0.717, 1.165) is 6.42 Å². The molecule has 5 heteroatoms. The monoisotopic (exact) mass is 235 g/mol. The van der Waals surface area contributed by atoms with Crippen LogP contribution in [-0.4, -0.2) is 12.5 Å². The molecule has 1 rings (SSSR count). The van der Waals surface area contributed by atoms with Crippen molar-refractivity contribution in [2.24, 2.45) is 5.73 Å². The Morgan fingerprint density at radius 1 is 1.47 bits per heavy atom. The summed E-state index contributed by atoms with van der Waals surface area (Å²) in [5.74, 6) is -0.868. The summed E-state index contributed by atoms with van der Waals surface area (Å²) < 4.78 is 13.2. The topological polar surface area (TPSA) is 78.9 Å². The third kappa shape index (κ3) is 3.85. The summed E-state index contributed by atoms with van der Waals surface area (Å²) in [7, 11) is 0. The highest BCUT2D eigenvalue weighted by molar-refractivity contribution is 5.92. The molecule has 1 aromatic carbocycles. The van der Waals surface area contributed by atoms with Crippen LogP contribution < -0.4 is 11.1 Å². The van der Waals surface area contributed by atoms with Crippen molar-refractivity contribution in [2.45, 2.75) is 19.3 Å². The van der Waals surface area contributed by atoms with Crippen molar-refractivity contribution >= 4 is 11.6 Å². The van der Waals surface area contributed by atoms with Crippen LogP contribution in [-0.2, 0) is 4.79 Å². The predicted octanol–water partition coefficient (Wildman–Crippen LogP) is 1.76. The Hall–Kier alpha value is -1.93. The molecule has 90 valence electrons. The van der Waals surface area contributed by atoms with E-state index >= 15 is 0 Å². The van der Waals surface area contributed by atoms with Gasteiger partial charge in [0.1, 0.15) is 17.4 Å². The molecule has 0 bridgehead atoms. The summed E-state index contributed by atoms with van der Waals surface area (Å²) in [6, 6.07) is 5.86. The minimum absolute atomic E-state index is 0.139. The van der Waals surface area contributed by atoms with Crippen LogP contribution in [0.3, 0.4) is 0 Å². The maximum atomic E-state index is 13.2. The number of nitriles is 1. The van der Waals surface area contributed by atoms with Gasteiger partial charge in [-0.3, -0.25) is 4.79 Å². The Bertz CT molecular complexity index is 440. The minimum atomic E-state index is -0.632. The van der Waals surface area contributed by atoms with Gasteiger partial charge in [-0.2, -0.15) is 5.26 Å². The van der Waals surface area contributed by atoms with Crippen molar-refractivity contribution in [3.05, 3.63) is 29.6 Å². The Morgan fingerprint density at radius 3 is 2.88 bits per heavy atom. The van der Waals surface area contributed by atoms with Gasteiger partial charge < -0.3 is 11.1 Å². The number of halogens is 1. The number of amides is 1. The Kier molecular flexibility index (Phi) is 5.11. The maximum Gasteiger partial charge on any atom is 0.224 e. The lowest BCUT2D eigenvalue weighted by Crippen LogP contribution is -2.13. The van der Waals surface area contributed by atoms with Crippen LogP contribution in [0.25, 0.3) is 0 Å². The highest BCUT2D eigenvalue weighted by atomic mass is 19.1. The first-order valence-electron chi connectivity index (χ1n) is 5.37. The van der Waals surface area contributed by atoms with E-state index in [-0.39, 0.29) is 17.2 Å². The SMILES string of the molecule is N#Cc1c(F)cccc1NC(=O)CCCCN. The standard InChI is InChI=1S/C12H14FN3O/c13-10-4-3-5-11(9(10)8-15)16-12(17)6-1-2-7-14/h3-5H,1-2,6-7,14H2,(H,16,17). The van der Waals surface area contributed by atoms with Gasteiger partial charge in [0.05, 0.1) is 5.69 Å². The number of anilines is 1. The largest absolute Gasteiger partial charge is 0.330 e. The first kappa shape index (κ1) is 13.1. The molecule has 0 saturated carbocycles. The summed E-state index contributed by atoms with van der Waals surface area (Å²) in [5, 5.41) is 11.3. The number of hydrogen-bond donors (Lipinski definition) is 2. The lowest BCUT2D eigenvalue weighted by atomic mass is 10.1. The van der Waals surface area contributed by atoms with Crippen LogP contribution in [0, 0.1) is 17.1 Å². The van der Waals surface area contributed by atoms with Crippen molar-refractivity contribution < 1.29 is 9.18 Å². The highest BCUT2D eigenvalue weighted by Gasteiger charge is 2.10. The molecule has 0 heterocycles. The lowest BCUT2D eigenvalue weighted by Gasteiger charge is -2.07. The number of unbranched alkanes of at least 4 members (excludes halogenated alkanes) is 1. The minimum Gasteiger partial charge on any atom is -0.330 e. The third-order valence-electron chi connectivity index (χ3n) is 2.26. The molecule has 0 unspecified atom stereocenters. The molecule has 1 aromatic rings. The van der Waals surface area contributed by atoms with Crippen LogP contribution in [0.5, 0.6) is 0 Å². The molecule has 0 radical (unpaired) electrons. The second-order valence-corrected chi connectivity index (χ2v) is 3.57. The zero-order valence-electron chi connectivity index (χ0n) is 9.37. The molecule has 1 amide bonds. The maximum absolute atomic E-state index is 13.2. The van der Waals surface area contributed by atoms with E-state index in [2.05, 4.69) is 5.32 Å². The van der Waals surface area contributed by atoms with Crippen molar-refractivity contribution in [1.29, 1.82) is 5.26 Å². The number of carbonyl (C=O) groups excluding carboxylic acids is 1. The molecule has 3 N–H and O–H groups in total. The molecule has 0 aliphatic rings. The van der Waals surface area contributed by atoms with E-state index in [1.807, 2.05) is 0 Å². The first-order chi connectivity index (χ1) is 8.19. The Balaban J connectivity index is 2.66. The molecule has 4 nitrogen and oxygen atoms in total. The fraction of sp³-hybridized carbons (Fsp3) is 0.333. The van der Waals surface area contributed by atoms with E-state index in [1.54, 1.807) is 6.07 Å². The molecular formula is C12H14FN3O. The molecule has 17 heavy (non-hydrogen) atoms. The molecule has 0 aliphatic heterocycles. The normalized spacial score (nSPS) is 9.71. The molecule has 0 aromatic heterocycles. The van der Waals surface area contributed by atoms with Gasteiger partial charge in [-0.25, -0.2) is 4.39 Å². The van der Waals surface area contributed by atoms with Gasteiger partial charge in [-0.05, 0) is 31.5 Å². The average Bonchev–Trinajstić information content (AvgIpc) is 2.29. The lowest BCUT2D eigenvalue weighted by molar-refractivity contribution is -0.116. The van der Waals surface area contributed by atoms with Crippen molar-refractivity contribution in [2.75, 3.05) is 11.9 Å². The fourth-order valence-corrected chi connectivity index (χ4v) is 1.38. The van der Waals surface area contributed by atoms with Crippen LogP contribution >= 0.6 is 0 Å². The van der Waals surface area contributed by atoms with Crippen LogP contribution in [0.1, 0.15) is 24.8 Å². The number of nitrogens with one attached hydrogen (secondary N) is 1. The van der Waals surface area contributed by atoms with Crippen LogP contribution in [0.2, 0.25) is 0 Å². The van der Waals surface area contributed by atoms with Crippen molar-refractivity contribution in [3.8, 4) is 6.07 Å². The summed E-state index contributed by atoms with van der Waals surface area (Å²) in [5.41, 5.74) is 5.38. The highest BCUT2D eigenvalue weighted by Crippen LogP contribution is 2.18. The number of carbonyl (C=O) groups is 1. The zero-order valence-corrected chi connectivity index (χ0v) is 9.37. The second kappa shape index (κ2) is 6.61. The number of nitrogens with zero attached hydrogens (tertiary/aromatic N) is 1. The molecule has 0 aliphatic carbocycles. The molecule has 0 atom stereocenters. The number of rotatable bonds is 5. The average molecular weight is 235 g/mol. The van der Waals surface area contributed by atoms with E-state index < -0.39 is 5.82 Å². The van der Waals surface area contributed by atoms with Crippen molar-refractivity contribution in [3.63, 3.8) is 0 Å². The summed E-state index contributed by atoms with van der Waals surface area (Å²) >= 11 is 0. The van der Waals surface area contributed by atoms with Gasteiger partial charge in [0.25, 0.3) is 0 Å². The van der Waals surface area contributed by atoms with E-state index in [9.17, 15) is 9.18 Å². The first-order valence-corrected chi connectivity index (χ1v) is 5.37. The molecule has 0 spiro atoms. The predicted molar refractivity (Wildman–Crippen MR) is 62.7 cm³/mol. The molecule has 0 saturated heterocycles. The van der Waals surface area contributed by atoms with E-state index in [1.165, 1.54) is 18.2 Å². The zero-order chi connectivity index (χ0) is 12.7. The third-order valence-corrected chi connectivity index (χ3v) is 2.26. The van der Waals surface area contributed by atoms with Gasteiger partial charge >= 0.3 is 0 Å². The summed E-state index contributed by atoms with van der Waals surface area (Å²) in [4.78, 5) is 11.5. The molecular weight excluding hydrogens is 221 g/mol. The van der Waals surface area contributed by atoms with Crippen LogP contribution in [0.4, 0.5) is 10.1 Å². The van der Waals surface area contributed by atoms with Gasteiger partial charge in [-0.15, -0.1) is 0 Å². The fourth-order valence-electron chi connectivity index (χ4n) is 1.38. The quantitative estimate of drug-likeness (QED) is 0.763. The van der Waals surface area contributed by atoms with Gasteiger partial charge in [0.2, 0.25) is 5.91 Å². The summed E-state index contributed by atoms with van der Waals surface area (Å²) in [6.45, 7) is 0.538. The number of nitrogens with two attached hydrogens (primary N) is 1. The second-order valence-electron chi connectivity index (χ2n) is 3.57. The van der Waals surface area contributed by atoms with E-state index in [4.69, 9.17) is 11.0 Å². The van der Waals surface area contributed by atoms with E-state index in [0.29, 0.717) is 19.4 Å².